The van der Waals surface area contributed by atoms with Crippen molar-refractivity contribution in [3.05, 3.63) is 84.2 Å². The van der Waals surface area contributed by atoms with Gasteiger partial charge in [-0.15, -0.1) is 0 Å². The van der Waals surface area contributed by atoms with Gasteiger partial charge in [0, 0.05) is 6.20 Å². The number of nitrogens with zero attached hydrogens (tertiary/aromatic N) is 2. The van der Waals surface area contributed by atoms with Gasteiger partial charge < -0.3 is 10.1 Å². The van der Waals surface area contributed by atoms with Crippen LogP contribution in [0.3, 0.4) is 0 Å². The lowest BCUT2D eigenvalue weighted by Crippen LogP contribution is -2.41. The monoisotopic (exact) mass is 425 g/mol. The van der Waals surface area contributed by atoms with E-state index in [-0.39, 0.29) is 11.4 Å². The maximum absolute atomic E-state index is 13.4. The fourth-order valence-electron chi connectivity index (χ4n) is 2.89. The third-order valence-corrected chi connectivity index (χ3v) is 6.19. The highest BCUT2D eigenvalue weighted by Gasteiger charge is 2.29. The van der Waals surface area contributed by atoms with E-state index in [1.165, 1.54) is 19.2 Å². The number of rotatable bonds is 8. The Morgan fingerprint density at radius 3 is 2.47 bits per heavy atom. The summed E-state index contributed by atoms with van der Waals surface area (Å²) in [6.07, 6.45) is 1.63. The molecule has 3 aromatic rings. The van der Waals surface area contributed by atoms with Gasteiger partial charge in [0.2, 0.25) is 5.91 Å². The second-order valence-corrected chi connectivity index (χ2v) is 8.46. The molecular formula is C22H23N3O4S. The predicted octanol–water partition coefficient (Wildman–Crippen LogP) is 2.91. The molecule has 1 heterocycles. The number of sulfonamides is 1. The molecule has 0 spiro atoms. The number of ether oxygens (including phenoxy) is 1. The quantitative estimate of drug-likeness (QED) is 0.600. The molecule has 8 heteroatoms. The number of benzene rings is 2. The first-order valence-electron chi connectivity index (χ1n) is 9.31. The highest BCUT2D eigenvalue weighted by atomic mass is 32.2. The zero-order valence-corrected chi connectivity index (χ0v) is 17.6. The molecule has 1 amide bonds. The lowest BCUT2D eigenvalue weighted by atomic mass is 10.2. The van der Waals surface area contributed by atoms with Gasteiger partial charge in [-0.3, -0.25) is 14.1 Å². The summed E-state index contributed by atoms with van der Waals surface area (Å²) in [7, 11) is -2.54. The smallest absolute Gasteiger partial charge is 0.264 e. The van der Waals surface area contributed by atoms with Crippen LogP contribution in [-0.4, -0.2) is 33.0 Å². The van der Waals surface area contributed by atoms with Crippen LogP contribution in [0.2, 0.25) is 0 Å². The number of nitrogens with one attached hydrogen (secondary N) is 1. The van der Waals surface area contributed by atoms with E-state index in [1.54, 1.807) is 48.7 Å². The van der Waals surface area contributed by atoms with E-state index in [0.717, 1.165) is 9.87 Å². The van der Waals surface area contributed by atoms with Crippen LogP contribution in [0.1, 0.15) is 11.3 Å². The molecule has 1 N–H and O–H groups in total. The Bertz CT molecular complexity index is 1100. The number of pyridine rings is 1. The maximum atomic E-state index is 13.4. The third-order valence-electron chi connectivity index (χ3n) is 4.41. The van der Waals surface area contributed by atoms with Crippen molar-refractivity contribution in [3.63, 3.8) is 0 Å². The SMILES string of the molecule is COc1ccc(C)cc1N(CC(=O)NCc1ccccn1)S(=O)(=O)c1ccccc1. The number of hydrogen-bond acceptors (Lipinski definition) is 5. The molecule has 0 saturated heterocycles. The van der Waals surface area contributed by atoms with Crippen molar-refractivity contribution >= 4 is 21.6 Å². The van der Waals surface area contributed by atoms with Gasteiger partial charge in [0.15, 0.2) is 0 Å². The maximum Gasteiger partial charge on any atom is 0.264 e. The van der Waals surface area contributed by atoms with E-state index in [9.17, 15) is 13.2 Å². The van der Waals surface area contributed by atoms with Gasteiger partial charge in [0.25, 0.3) is 10.0 Å². The first kappa shape index (κ1) is 21.3. The van der Waals surface area contributed by atoms with Crippen LogP contribution in [0.25, 0.3) is 0 Å². The van der Waals surface area contributed by atoms with Crippen LogP contribution >= 0.6 is 0 Å². The van der Waals surface area contributed by atoms with Crippen LogP contribution in [0.5, 0.6) is 5.75 Å². The fourth-order valence-corrected chi connectivity index (χ4v) is 4.34. The molecule has 0 aliphatic rings. The largest absolute Gasteiger partial charge is 0.495 e. The topological polar surface area (TPSA) is 88.6 Å². The standard InChI is InChI=1S/C22H23N3O4S/c1-17-11-12-21(29-2)20(14-17)25(30(27,28)19-9-4-3-5-10-19)16-22(26)24-15-18-8-6-7-13-23-18/h3-14H,15-16H2,1-2H3,(H,24,26). The zero-order valence-electron chi connectivity index (χ0n) is 16.8. The van der Waals surface area contributed by atoms with Gasteiger partial charge in [-0.25, -0.2) is 8.42 Å². The average molecular weight is 426 g/mol. The number of aromatic nitrogens is 1. The lowest BCUT2D eigenvalue weighted by Gasteiger charge is -2.26. The number of methoxy groups -OCH3 is 1. The van der Waals surface area contributed by atoms with Crippen molar-refractivity contribution in [2.24, 2.45) is 0 Å². The summed E-state index contributed by atoms with van der Waals surface area (Å²) in [4.78, 5) is 16.9. The van der Waals surface area contributed by atoms with Crippen LogP contribution in [-0.2, 0) is 21.4 Å². The summed E-state index contributed by atoms with van der Waals surface area (Å²) in [5, 5.41) is 2.73. The van der Waals surface area contributed by atoms with Gasteiger partial charge in [0.1, 0.15) is 12.3 Å². The van der Waals surface area contributed by atoms with Gasteiger partial charge in [-0.2, -0.15) is 0 Å². The van der Waals surface area contributed by atoms with E-state index in [4.69, 9.17) is 4.74 Å². The molecule has 0 aliphatic carbocycles. The molecule has 3 rings (SSSR count). The zero-order chi connectivity index (χ0) is 21.6. The minimum Gasteiger partial charge on any atom is -0.495 e. The summed E-state index contributed by atoms with van der Waals surface area (Å²) < 4.78 is 33.2. The minimum absolute atomic E-state index is 0.0890. The van der Waals surface area contributed by atoms with Crippen LogP contribution in [0, 0.1) is 6.92 Å². The Labute approximate surface area is 176 Å². The van der Waals surface area contributed by atoms with Gasteiger partial charge >= 0.3 is 0 Å². The second-order valence-electron chi connectivity index (χ2n) is 6.60. The summed E-state index contributed by atoms with van der Waals surface area (Å²) in [5.74, 6) is -0.0960. The summed E-state index contributed by atoms with van der Waals surface area (Å²) >= 11 is 0. The minimum atomic E-state index is -4.00. The van der Waals surface area contributed by atoms with Crippen LogP contribution in [0.15, 0.2) is 77.8 Å². The number of anilines is 1. The van der Waals surface area contributed by atoms with E-state index >= 15 is 0 Å². The molecule has 156 valence electrons. The first-order valence-corrected chi connectivity index (χ1v) is 10.7. The van der Waals surface area contributed by atoms with E-state index in [1.807, 2.05) is 19.1 Å². The summed E-state index contributed by atoms with van der Waals surface area (Å²) in [6.45, 7) is 1.64. The van der Waals surface area contributed by atoms with Gasteiger partial charge in [-0.1, -0.05) is 30.3 Å². The molecule has 30 heavy (non-hydrogen) atoms. The van der Waals surface area contributed by atoms with E-state index < -0.39 is 22.5 Å². The molecule has 0 radical (unpaired) electrons. The highest BCUT2D eigenvalue weighted by molar-refractivity contribution is 7.92. The van der Waals surface area contributed by atoms with Gasteiger partial charge in [0.05, 0.1) is 29.9 Å². The van der Waals surface area contributed by atoms with E-state index in [0.29, 0.717) is 17.1 Å². The first-order chi connectivity index (χ1) is 14.4. The fraction of sp³-hybridized carbons (Fsp3) is 0.182. The Morgan fingerprint density at radius 1 is 1.07 bits per heavy atom. The number of hydrogen-bond donors (Lipinski definition) is 1. The average Bonchev–Trinajstić information content (AvgIpc) is 2.77. The van der Waals surface area contributed by atoms with Crippen molar-refractivity contribution in [2.45, 2.75) is 18.4 Å². The molecule has 0 fully saturated rings. The van der Waals surface area contributed by atoms with Crippen molar-refractivity contribution in [1.82, 2.24) is 10.3 Å². The third kappa shape index (κ3) is 4.96. The molecule has 2 aromatic carbocycles. The summed E-state index contributed by atoms with van der Waals surface area (Å²) in [6, 6.07) is 18.6. The Morgan fingerprint density at radius 2 is 1.80 bits per heavy atom. The summed E-state index contributed by atoms with van der Waals surface area (Å²) in [5.41, 5.74) is 1.82. The number of aryl methyl sites for hydroxylation is 1. The second kappa shape index (κ2) is 9.41. The van der Waals surface area contributed by atoms with Crippen molar-refractivity contribution in [3.8, 4) is 5.75 Å². The van der Waals surface area contributed by atoms with Crippen molar-refractivity contribution < 1.29 is 17.9 Å². The molecular weight excluding hydrogens is 402 g/mol. The van der Waals surface area contributed by atoms with E-state index in [2.05, 4.69) is 10.3 Å². The van der Waals surface area contributed by atoms with Gasteiger partial charge in [-0.05, 0) is 48.9 Å². The van der Waals surface area contributed by atoms with Crippen molar-refractivity contribution in [1.29, 1.82) is 0 Å². The van der Waals surface area contributed by atoms with Crippen LogP contribution in [0.4, 0.5) is 5.69 Å². The molecule has 0 atom stereocenters. The van der Waals surface area contributed by atoms with Crippen molar-refractivity contribution in [2.75, 3.05) is 18.0 Å². The van der Waals surface area contributed by atoms with Crippen LogP contribution < -0.4 is 14.4 Å². The Hall–Kier alpha value is -3.39. The number of carbonyl (C=O) groups is 1. The predicted molar refractivity (Wildman–Crippen MR) is 115 cm³/mol. The number of carbonyl (C=O) groups excluding carboxylic acids is 1. The molecule has 0 aliphatic heterocycles. The molecule has 0 unspecified atom stereocenters. The Balaban J connectivity index is 1.94. The molecule has 7 nitrogen and oxygen atoms in total. The molecule has 0 saturated carbocycles. The lowest BCUT2D eigenvalue weighted by molar-refractivity contribution is -0.119. The highest BCUT2D eigenvalue weighted by Crippen LogP contribution is 2.33. The molecule has 1 aromatic heterocycles. The normalized spacial score (nSPS) is 11.0. The molecule has 0 bridgehead atoms. The number of amides is 1. The Kier molecular flexibility index (Phi) is 6.68.